The molecule has 1 saturated carbocycles. The molecule has 0 amide bonds. The lowest BCUT2D eigenvalue weighted by molar-refractivity contribution is -0.0929. The number of nitrogens with one attached hydrogen (secondary N) is 1. The molecule has 0 saturated heterocycles. The van der Waals surface area contributed by atoms with Gasteiger partial charge in [0.1, 0.15) is 0 Å². The van der Waals surface area contributed by atoms with Gasteiger partial charge in [-0.3, -0.25) is 0 Å². The van der Waals surface area contributed by atoms with E-state index in [1.54, 1.807) is 0 Å². The molecule has 2 heteroatoms. The molecule has 0 atom stereocenters. The molecule has 0 aromatic carbocycles. The van der Waals surface area contributed by atoms with E-state index >= 15 is 0 Å². The first-order chi connectivity index (χ1) is 6.83. The topological polar surface area (TPSA) is 21.3 Å². The lowest BCUT2D eigenvalue weighted by atomic mass is 9.77. The van der Waals surface area contributed by atoms with Crippen LogP contribution in [0.15, 0.2) is 12.7 Å². The van der Waals surface area contributed by atoms with Crippen LogP contribution in [0.4, 0.5) is 0 Å². The highest BCUT2D eigenvalue weighted by Crippen LogP contribution is 2.38. The maximum Gasteiger partial charge on any atom is 0.0699 e. The van der Waals surface area contributed by atoms with Crippen molar-refractivity contribution in [3.8, 4) is 0 Å². The van der Waals surface area contributed by atoms with Crippen molar-refractivity contribution >= 4 is 0 Å². The summed E-state index contributed by atoms with van der Waals surface area (Å²) in [4.78, 5) is 0. The molecule has 1 aliphatic carbocycles. The Bertz CT molecular complexity index is 164. The fourth-order valence-corrected chi connectivity index (χ4v) is 1.89. The predicted octanol–water partition coefficient (Wildman–Crippen LogP) is 2.50. The zero-order chi connectivity index (χ0) is 10.3. The van der Waals surface area contributed by atoms with Gasteiger partial charge in [-0.15, -0.1) is 6.58 Å². The molecule has 0 unspecified atom stereocenters. The van der Waals surface area contributed by atoms with E-state index in [9.17, 15) is 0 Å². The highest BCUT2D eigenvalue weighted by Gasteiger charge is 2.36. The van der Waals surface area contributed by atoms with Gasteiger partial charge in [-0.1, -0.05) is 13.0 Å². The van der Waals surface area contributed by atoms with Crippen LogP contribution in [0.5, 0.6) is 0 Å². The summed E-state index contributed by atoms with van der Waals surface area (Å²) in [6.45, 7) is 8.80. The molecule has 1 aliphatic rings. The second-order valence-electron chi connectivity index (χ2n) is 4.14. The third-order valence-corrected chi connectivity index (χ3v) is 2.96. The van der Waals surface area contributed by atoms with Crippen LogP contribution in [0.3, 0.4) is 0 Å². The molecule has 0 heterocycles. The highest BCUT2D eigenvalue weighted by atomic mass is 16.5. The maximum atomic E-state index is 5.84. The van der Waals surface area contributed by atoms with Gasteiger partial charge in [-0.2, -0.15) is 0 Å². The molecule has 0 aliphatic heterocycles. The van der Waals surface area contributed by atoms with Gasteiger partial charge in [0.2, 0.25) is 0 Å². The van der Waals surface area contributed by atoms with Crippen LogP contribution in [0.1, 0.15) is 39.0 Å². The Balaban J connectivity index is 2.13. The SMILES string of the molecule is C=CCOC1(CCNCCC)CCC1. The molecule has 82 valence electrons. The molecule has 0 aromatic heterocycles. The fraction of sp³-hybridized carbons (Fsp3) is 0.833. The van der Waals surface area contributed by atoms with E-state index in [1.165, 1.54) is 25.7 Å². The number of ether oxygens (including phenoxy) is 1. The van der Waals surface area contributed by atoms with E-state index in [1.807, 2.05) is 6.08 Å². The number of rotatable bonds is 8. The van der Waals surface area contributed by atoms with Gasteiger partial charge >= 0.3 is 0 Å². The molecule has 0 spiro atoms. The Hall–Kier alpha value is -0.340. The second-order valence-corrected chi connectivity index (χ2v) is 4.14. The minimum absolute atomic E-state index is 0.189. The van der Waals surface area contributed by atoms with Crippen molar-refractivity contribution in [1.29, 1.82) is 0 Å². The summed E-state index contributed by atoms with van der Waals surface area (Å²) < 4.78 is 5.84. The lowest BCUT2D eigenvalue weighted by Crippen LogP contribution is -2.42. The van der Waals surface area contributed by atoms with Gasteiger partial charge < -0.3 is 10.1 Å². The number of hydrogen-bond donors (Lipinski definition) is 1. The summed E-state index contributed by atoms with van der Waals surface area (Å²) in [7, 11) is 0. The van der Waals surface area contributed by atoms with E-state index in [0.717, 1.165) is 19.5 Å². The monoisotopic (exact) mass is 197 g/mol. The summed E-state index contributed by atoms with van der Waals surface area (Å²) in [5, 5.41) is 3.43. The molecular weight excluding hydrogens is 174 g/mol. The molecule has 0 aromatic rings. The van der Waals surface area contributed by atoms with Gasteiger partial charge in [0.25, 0.3) is 0 Å². The first-order valence-corrected chi connectivity index (χ1v) is 5.78. The van der Waals surface area contributed by atoms with Crippen molar-refractivity contribution in [3.63, 3.8) is 0 Å². The first kappa shape index (κ1) is 11.7. The molecule has 1 rings (SSSR count). The summed E-state index contributed by atoms with van der Waals surface area (Å²) >= 11 is 0. The van der Waals surface area contributed by atoms with Crippen LogP contribution < -0.4 is 5.32 Å². The van der Waals surface area contributed by atoms with Crippen LogP contribution in [-0.4, -0.2) is 25.3 Å². The van der Waals surface area contributed by atoms with E-state index in [2.05, 4.69) is 18.8 Å². The summed E-state index contributed by atoms with van der Waals surface area (Å²) in [5.74, 6) is 0. The van der Waals surface area contributed by atoms with Crippen LogP contribution in [0.2, 0.25) is 0 Å². The van der Waals surface area contributed by atoms with Crippen LogP contribution >= 0.6 is 0 Å². The van der Waals surface area contributed by atoms with Crippen LogP contribution in [0.25, 0.3) is 0 Å². The Morgan fingerprint density at radius 3 is 2.71 bits per heavy atom. The highest BCUT2D eigenvalue weighted by molar-refractivity contribution is 4.91. The lowest BCUT2D eigenvalue weighted by Gasteiger charge is -2.41. The summed E-state index contributed by atoms with van der Waals surface area (Å²) in [6, 6.07) is 0. The second kappa shape index (κ2) is 6.20. The van der Waals surface area contributed by atoms with Gasteiger partial charge in [-0.25, -0.2) is 0 Å². The third-order valence-electron chi connectivity index (χ3n) is 2.96. The van der Waals surface area contributed by atoms with Crippen molar-refractivity contribution in [2.24, 2.45) is 0 Å². The third kappa shape index (κ3) is 3.43. The maximum absolute atomic E-state index is 5.84. The van der Waals surface area contributed by atoms with Gasteiger partial charge in [-0.05, 0) is 45.2 Å². The van der Waals surface area contributed by atoms with Crippen LogP contribution in [-0.2, 0) is 4.74 Å². The first-order valence-electron chi connectivity index (χ1n) is 5.78. The minimum Gasteiger partial charge on any atom is -0.371 e. The Morgan fingerprint density at radius 1 is 1.43 bits per heavy atom. The standard InChI is InChI=1S/C12H23NO/c1-3-9-13-10-8-12(6-5-7-12)14-11-4-2/h4,13H,2-3,5-11H2,1H3. The molecule has 2 nitrogen and oxygen atoms in total. The average Bonchev–Trinajstić information content (AvgIpc) is 2.15. The zero-order valence-electron chi connectivity index (χ0n) is 9.35. The van der Waals surface area contributed by atoms with Crippen molar-refractivity contribution < 1.29 is 4.74 Å². The molecule has 0 radical (unpaired) electrons. The fourth-order valence-electron chi connectivity index (χ4n) is 1.89. The summed E-state index contributed by atoms with van der Waals surface area (Å²) in [6.07, 6.45) is 8.00. The van der Waals surface area contributed by atoms with E-state index in [4.69, 9.17) is 4.74 Å². The quantitative estimate of drug-likeness (QED) is 0.477. The van der Waals surface area contributed by atoms with Gasteiger partial charge in [0.05, 0.1) is 12.2 Å². The van der Waals surface area contributed by atoms with E-state index < -0.39 is 0 Å². The molecular formula is C12H23NO. The predicted molar refractivity (Wildman–Crippen MR) is 60.5 cm³/mol. The molecule has 1 N–H and O–H groups in total. The normalized spacial score (nSPS) is 18.9. The Kier molecular flexibility index (Phi) is 5.20. The minimum atomic E-state index is 0.189. The Morgan fingerprint density at radius 2 is 2.21 bits per heavy atom. The molecule has 0 bridgehead atoms. The summed E-state index contributed by atoms with van der Waals surface area (Å²) in [5.41, 5.74) is 0.189. The van der Waals surface area contributed by atoms with Crippen molar-refractivity contribution in [3.05, 3.63) is 12.7 Å². The van der Waals surface area contributed by atoms with Gasteiger partial charge in [0, 0.05) is 0 Å². The number of hydrogen-bond acceptors (Lipinski definition) is 2. The average molecular weight is 197 g/mol. The van der Waals surface area contributed by atoms with Gasteiger partial charge in [0.15, 0.2) is 0 Å². The van der Waals surface area contributed by atoms with Crippen molar-refractivity contribution in [2.45, 2.75) is 44.6 Å². The van der Waals surface area contributed by atoms with E-state index in [-0.39, 0.29) is 5.60 Å². The molecule has 14 heavy (non-hydrogen) atoms. The zero-order valence-corrected chi connectivity index (χ0v) is 9.35. The largest absolute Gasteiger partial charge is 0.371 e. The van der Waals surface area contributed by atoms with Crippen molar-refractivity contribution in [2.75, 3.05) is 19.7 Å². The van der Waals surface area contributed by atoms with Crippen molar-refractivity contribution in [1.82, 2.24) is 5.32 Å². The van der Waals surface area contributed by atoms with Crippen LogP contribution in [0, 0.1) is 0 Å². The smallest absolute Gasteiger partial charge is 0.0699 e. The molecule has 1 fully saturated rings. The Labute approximate surface area is 87.7 Å². The van der Waals surface area contributed by atoms with E-state index in [0.29, 0.717) is 6.61 Å².